The van der Waals surface area contributed by atoms with Gasteiger partial charge in [-0.3, -0.25) is 19.5 Å². The molecule has 32 heavy (non-hydrogen) atoms. The Hall–Kier alpha value is -2.83. The van der Waals surface area contributed by atoms with E-state index in [1.807, 2.05) is 24.3 Å². The van der Waals surface area contributed by atoms with Gasteiger partial charge in [-0.25, -0.2) is 0 Å². The first-order valence-corrected chi connectivity index (χ1v) is 11.7. The maximum atomic E-state index is 12.7. The lowest BCUT2D eigenvalue weighted by molar-refractivity contribution is -0.140. The predicted octanol–water partition coefficient (Wildman–Crippen LogP) is 2.58. The molecule has 2 aliphatic carbocycles. The average Bonchev–Trinajstić information content (AvgIpc) is 3.47. The Labute approximate surface area is 190 Å². The van der Waals surface area contributed by atoms with E-state index in [9.17, 15) is 9.59 Å². The van der Waals surface area contributed by atoms with Gasteiger partial charge in [0.05, 0.1) is 18.4 Å². The molecular weight excluding hydrogens is 404 g/mol. The lowest BCUT2D eigenvalue weighted by Gasteiger charge is -2.18. The summed E-state index contributed by atoms with van der Waals surface area (Å²) < 4.78 is 5.79. The molecule has 2 N–H and O–H groups in total. The third kappa shape index (κ3) is 4.66. The maximum absolute atomic E-state index is 12.7. The number of amides is 2. The lowest BCUT2D eigenvalue weighted by Crippen LogP contribution is -2.39. The smallest absolute Gasteiger partial charge is 0.233 e. The minimum atomic E-state index is -0.111. The molecule has 4 atom stereocenters. The number of nitrogens with zero attached hydrogens (tertiary/aromatic N) is 2. The maximum Gasteiger partial charge on any atom is 0.233 e. The first kappa shape index (κ1) is 22.4. The van der Waals surface area contributed by atoms with Crippen molar-refractivity contribution >= 4 is 17.8 Å². The highest BCUT2D eigenvalue weighted by Gasteiger charge is 2.58. The van der Waals surface area contributed by atoms with E-state index in [-0.39, 0.29) is 35.5 Å². The van der Waals surface area contributed by atoms with Crippen LogP contribution in [0.25, 0.3) is 0 Å². The summed E-state index contributed by atoms with van der Waals surface area (Å²) in [5.41, 5.74) is 1.11. The molecule has 4 rings (SSSR count). The number of benzene rings is 1. The lowest BCUT2D eigenvalue weighted by atomic mass is 9.85. The first-order valence-electron chi connectivity index (χ1n) is 11.7. The van der Waals surface area contributed by atoms with Crippen molar-refractivity contribution in [3.05, 3.63) is 42.0 Å². The van der Waals surface area contributed by atoms with Crippen molar-refractivity contribution in [2.24, 2.45) is 34.6 Å². The van der Waals surface area contributed by atoms with E-state index in [1.165, 1.54) is 4.90 Å². The zero-order valence-corrected chi connectivity index (χ0v) is 19.2. The molecule has 1 saturated carbocycles. The number of carbonyl (C=O) groups excluding carboxylic acids is 2. The second-order valence-electron chi connectivity index (χ2n) is 9.39. The Morgan fingerprint density at radius 1 is 1.16 bits per heavy atom. The van der Waals surface area contributed by atoms with Crippen LogP contribution < -0.4 is 15.4 Å². The molecule has 7 heteroatoms. The van der Waals surface area contributed by atoms with Gasteiger partial charge in [-0.1, -0.05) is 38.1 Å². The summed E-state index contributed by atoms with van der Waals surface area (Å²) in [4.78, 5) is 31.2. The quantitative estimate of drug-likeness (QED) is 0.204. The van der Waals surface area contributed by atoms with Crippen molar-refractivity contribution in [1.29, 1.82) is 0 Å². The van der Waals surface area contributed by atoms with Crippen LogP contribution in [-0.4, -0.2) is 49.4 Å². The third-order valence-corrected chi connectivity index (χ3v) is 6.58. The fourth-order valence-corrected chi connectivity index (χ4v) is 5.04. The standard InChI is InChI=1S/C25H34N4O3/c1-16(2)15-32-20-7-4-6-17(12-20)14-28-25(26-3)27-10-5-11-29-23(30)21-18-8-9-19(13-18)22(21)24(29)31/h4,6-9,12,16,18-19,21-22H,5,10-11,13-15H2,1-3H3,(H2,26,27,28). The number of guanidine groups is 1. The molecule has 0 spiro atoms. The number of ether oxygens (including phenoxy) is 1. The van der Waals surface area contributed by atoms with E-state index in [4.69, 9.17) is 4.74 Å². The van der Waals surface area contributed by atoms with E-state index in [2.05, 4.69) is 41.6 Å². The first-order chi connectivity index (χ1) is 15.5. The van der Waals surface area contributed by atoms with Crippen LogP contribution in [0.15, 0.2) is 41.4 Å². The average molecular weight is 439 g/mol. The molecule has 1 heterocycles. The zero-order valence-electron chi connectivity index (χ0n) is 19.2. The van der Waals surface area contributed by atoms with Crippen molar-refractivity contribution in [2.75, 3.05) is 26.7 Å². The summed E-state index contributed by atoms with van der Waals surface area (Å²) >= 11 is 0. The second-order valence-corrected chi connectivity index (χ2v) is 9.39. The number of aliphatic imine (C=N–C) groups is 1. The van der Waals surface area contributed by atoms with Gasteiger partial charge >= 0.3 is 0 Å². The minimum Gasteiger partial charge on any atom is -0.493 e. The summed E-state index contributed by atoms with van der Waals surface area (Å²) in [6.45, 7) is 6.67. The van der Waals surface area contributed by atoms with Gasteiger partial charge in [-0.15, -0.1) is 0 Å². The van der Waals surface area contributed by atoms with E-state index in [0.29, 0.717) is 44.5 Å². The summed E-state index contributed by atoms with van der Waals surface area (Å²) in [7, 11) is 1.73. The molecule has 0 radical (unpaired) electrons. The molecule has 0 aromatic heterocycles. The molecule has 2 amide bonds. The van der Waals surface area contributed by atoms with E-state index < -0.39 is 0 Å². The monoisotopic (exact) mass is 438 g/mol. The van der Waals surface area contributed by atoms with Gasteiger partial charge in [0.2, 0.25) is 11.8 Å². The van der Waals surface area contributed by atoms with E-state index >= 15 is 0 Å². The highest BCUT2D eigenvalue weighted by Crippen LogP contribution is 2.52. The fourth-order valence-electron chi connectivity index (χ4n) is 5.04. The Morgan fingerprint density at radius 2 is 1.88 bits per heavy atom. The van der Waals surface area contributed by atoms with Crippen LogP contribution in [0.5, 0.6) is 5.75 Å². The van der Waals surface area contributed by atoms with Gasteiger partial charge in [0.1, 0.15) is 5.75 Å². The summed E-state index contributed by atoms with van der Waals surface area (Å²) in [5.74, 6) is 2.41. The summed E-state index contributed by atoms with van der Waals surface area (Å²) in [6.07, 6.45) is 5.92. The molecule has 1 aromatic carbocycles. The van der Waals surface area contributed by atoms with Crippen LogP contribution in [0.3, 0.4) is 0 Å². The number of hydrogen-bond acceptors (Lipinski definition) is 4. The molecule has 4 unspecified atom stereocenters. The number of carbonyl (C=O) groups is 2. The van der Waals surface area contributed by atoms with Crippen molar-refractivity contribution in [2.45, 2.75) is 33.2 Å². The zero-order chi connectivity index (χ0) is 22.7. The van der Waals surface area contributed by atoms with Crippen molar-refractivity contribution < 1.29 is 14.3 Å². The minimum absolute atomic E-state index is 0.0268. The molecule has 2 bridgehead atoms. The molecule has 172 valence electrons. The molecule has 1 saturated heterocycles. The third-order valence-electron chi connectivity index (χ3n) is 6.58. The summed E-state index contributed by atoms with van der Waals surface area (Å²) in [6, 6.07) is 8.04. The van der Waals surface area contributed by atoms with Crippen LogP contribution in [0.1, 0.15) is 32.3 Å². The largest absolute Gasteiger partial charge is 0.493 e. The molecule has 1 aliphatic heterocycles. The van der Waals surface area contributed by atoms with Gasteiger partial charge in [0, 0.05) is 26.7 Å². The number of nitrogens with one attached hydrogen (secondary N) is 2. The SMILES string of the molecule is CN=C(NCCCN1C(=O)C2C3C=CC(C3)C2C1=O)NCc1cccc(OCC(C)C)c1. The van der Waals surface area contributed by atoms with Gasteiger partial charge in [-0.2, -0.15) is 0 Å². The number of fused-ring (bicyclic) bond motifs is 5. The van der Waals surface area contributed by atoms with E-state index in [1.54, 1.807) is 7.05 Å². The van der Waals surface area contributed by atoms with Gasteiger partial charge in [-0.05, 0) is 48.3 Å². The van der Waals surface area contributed by atoms with E-state index in [0.717, 1.165) is 17.7 Å². The highest BCUT2D eigenvalue weighted by atomic mass is 16.5. The van der Waals surface area contributed by atoms with Crippen molar-refractivity contribution in [3.8, 4) is 5.75 Å². The molecule has 2 fully saturated rings. The van der Waals surface area contributed by atoms with Crippen LogP contribution in [-0.2, 0) is 16.1 Å². The Balaban J connectivity index is 1.19. The normalized spacial score (nSPS) is 26.2. The molecular formula is C25H34N4O3. The fraction of sp³-hybridized carbons (Fsp3) is 0.560. The highest BCUT2D eigenvalue weighted by molar-refractivity contribution is 6.06. The number of hydrogen-bond donors (Lipinski definition) is 2. The Bertz CT molecular complexity index is 880. The van der Waals surface area contributed by atoms with Gasteiger partial charge < -0.3 is 15.4 Å². The number of allylic oxidation sites excluding steroid dienone is 2. The van der Waals surface area contributed by atoms with Crippen molar-refractivity contribution in [3.63, 3.8) is 0 Å². The number of likely N-dealkylation sites (tertiary alicyclic amines) is 1. The molecule has 1 aromatic rings. The van der Waals surface area contributed by atoms with Gasteiger partial charge in [0.25, 0.3) is 0 Å². The molecule has 7 nitrogen and oxygen atoms in total. The predicted molar refractivity (Wildman–Crippen MR) is 124 cm³/mol. The van der Waals surface area contributed by atoms with Crippen molar-refractivity contribution in [1.82, 2.24) is 15.5 Å². The van der Waals surface area contributed by atoms with Crippen LogP contribution in [0, 0.1) is 29.6 Å². The second kappa shape index (κ2) is 9.76. The Morgan fingerprint density at radius 3 is 2.53 bits per heavy atom. The number of imide groups is 1. The van der Waals surface area contributed by atoms with Crippen LogP contribution in [0.2, 0.25) is 0 Å². The Kier molecular flexibility index (Phi) is 6.82. The van der Waals surface area contributed by atoms with Gasteiger partial charge in [0.15, 0.2) is 5.96 Å². The summed E-state index contributed by atoms with van der Waals surface area (Å²) in [5, 5.41) is 6.58. The topological polar surface area (TPSA) is 83.0 Å². The number of rotatable bonds is 9. The van der Waals surface area contributed by atoms with Crippen LogP contribution >= 0.6 is 0 Å². The van der Waals surface area contributed by atoms with Crippen LogP contribution in [0.4, 0.5) is 0 Å². The molecule has 3 aliphatic rings.